The molecule has 16 heteroatoms. The average Bonchev–Trinajstić information content (AvgIpc) is 1.42. The zero-order valence-corrected chi connectivity index (χ0v) is 14.4. The third kappa shape index (κ3) is 56.6. The molecule has 0 atom stereocenters. The minimum Gasteiger partial charge on any atom is -0.725 e. The summed E-state index contributed by atoms with van der Waals surface area (Å²) < 4.78 is 67.1. The van der Waals surface area contributed by atoms with Crippen molar-refractivity contribution in [3.05, 3.63) is 0 Å². The van der Waals surface area contributed by atoms with Gasteiger partial charge in [-0.25, -0.2) is 21.4 Å². The molecule has 0 aromatic rings. The summed E-state index contributed by atoms with van der Waals surface area (Å²) in [7, 11) is -15.5. The van der Waals surface area contributed by atoms with Gasteiger partial charge in [0.2, 0.25) is 20.8 Å². The van der Waals surface area contributed by atoms with E-state index in [2.05, 4.69) is 3.63 Å². The molecular weight excluding hydrogens is 317 g/mol. The van der Waals surface area contributed by atoms with Crippen molar-refractivity contribution >= 4 is 28.6 Å². The van der Waals surface area contributed by atoms with Gasteiger partial charge in [0, 0.05) is 0 Å². The maximum Gasteiger partial charge on any atom is 1.00 e. The smallest absolute Gasteiger partial charge is 0.725 e. The van der Waals surface area contributed by atoms with E-state index >= 15 is 0 Å². The van der Waals surface area contributed by atoms with Crippen LogP contribution in [0.1, 0.15) is 0 Å². The molecule has 0 aromatic carbocycles. The molecule has 0 bridgehead atoms. The first kappa shape index (κ1) is 26.5. The van der Waals surface area contributed by atoms with Crippen molar-refractivity contribution < 1.29 is 108 Å². The topological polar surface area (TPSA) is 201 Å². The van der Waals surface area contributed by atoms with E-state index in [9.17, 15) is 25.9 Å². The van der Waals surface area contributed by atoms with E-state index in [0.717, 1.165) is 0 Å². The van der Waals surface area contributed by atoms with E-state index in [4.69, 9.17) is 19.2 Å². The van der Waals surface area contributed by atoms with Crippen LogP contribution < -0.4 is 59.1 Å². The van der Waals surface area contributed by atoms with Crippen molar-refractivity contribution in [2.24, 2.45) is 0 Å². The average molecular weight is 320 g/mol. The molecule has 0 fully saturated rings. The Bertz CT molecular complexity index is 359. The Morgan fingerprint density at radius 1 is 0.875 bits per heavy atom. The zero-order valence-electron chi connectivity index (χ0n) is 7.87. The van der Waals surface area contributed by atoms with Crippen LogP contribution in [0.15, 0.2) is 0 Å². The summed E-state index contributed by atoms with van der Waals surface area (Å²) in [6, 6.07) is 0. The molecule has 0 saturated heterocycles. The van der Waals surface area contributed by atoms with Gasteiger partial charge in [-0.05, 0) is 0 Å². The first-order valence-corrected chi connectivity index (χ1v) is 6.35. The standard InChI is InChI=1S/2Na.H2O7S2.H3O4P/c;;1-8(2,3)7-9(4,5)6;1-5(2,3)4/h;;(H,1,2,3)(H,4,5,6);(H3,1,2,3,4)/q2*+1;;/p-2. The quantitative estimate of drug-likeness (QED) is 0.189. The first-order chi connectivity index (χ1) is 5.71. The fourth-order valence-electron chi connectivity index (χ4n) is 0.102. The second-order valence-electron chi connectivity index (χ2n) is 1.40. The maximum absolute atomic E-state index is 9.29. The summed E-state index contributed by atoms with van der Waals surface area (Å²) in [5, 5.41) is 0. The predicted octanol–water partition coefficient (Wildman–Crippen LogP) is -9.00. The molecule has 0 unspecified atom stereocenters. The Morgan fingerprint density at radius 3 is 1.00 bits per heavy atom. The van der Waals surface area contributed by atoms with Gasteiger partial charge in [-0.3, -0.25) is 0 Å². The van der Waals surface area contributed by atoms with Gasteiger partial charge >= 0.3 is 66.9 Å². The second-order valence-corrected chi connectivity index (χ2v) is 4.60. The van der Waals surface area contributed by atoms with Gasteiger partial charge in [-0.1, -0.05) is 0 Å². The van der Waals surface area contributed by atoms with Crippen LogP contribution in [0.25, 0.3) is 0 Å². The van der Waals surface area contributed by atoms with Crippen molar-refractivity contribution in [1.82, 2.24) is 0 Å². The predicted molar refractivity (Wildman–Crippen MR) is 34.7 cm³/mol. The molecule has 0 heterocycles. The molecule has 0 aliphatic carbocycles. The minimum absolute atomic E-state index is 0. The Morgan fingerprint density at radius 2 is 1.00 bits per heavy atom. The van der Waals surface area contributed by atoms with E-state index in [1.165, 1.54) is 0 Å². The van der Waals surface area contributed by atoms with Gasteiger partial charge in [-0.15, -0.1) is 0 Å². The molecule has 0 saturated carbocycles. The number of phosphoric acid groups is 1. The van der Waals surface area contributed by atoms with E-state index in [1.54, 1.807) is 0 Å². The first-order valence-electron chi connectivity index (χ1n) is 2.12. The van der Waals surface area contributed by atoms with Crippen molar-refractivity contribution in [3.8, 4) is 0 Å². The number of hydrogen-bond donors (Lipinski definition) is 3. The minimum atomic E-state index is -5.43. The van der Waals surface area contributed by atoms with Gasteiger partial charge in [0.25, 0.3) is 0 Å². The number of rotatable bonds is 2. The van der Waals surface area contributed by atoms with Gasteiger partial charge in [0.05, 0.1) is 0 Å². The third-order valence-electron chi connectivity index (χ3n) is 0.167. The molecule has 3 N–H and O–H groups in total. The summed E-state index contributed by atoms with van der Waals surface area (Å²) >= 11 is 0. The normalized spacial score (nSPS) is 11.3. The van der Waals surface area contributed by atoms with E-state index < -0.39 is 28.6 Å². The monoisotopic (exact) mass is 320 g/mol. The van der Waals surface area contributed by atoms with E-state index in [-0.39, 0.29) is 59.1 Å². The summed E-state index contributed by atoms with van der Waals surface area (Å²) in [4.78, 5) is 21.6. The van der Waals surface area contributed by atoms with Crippen LogP contribution in [-0.2, 0) is 29.0 Å². The summed E-state index contributed by atoms with van der Waals surface area (Å²) in [6.45, 7) is 0. The number of hydrogen-bond acceptors (Lipinski definition) is 8. The Labute approximate surface area is 135 Å². The Hall–Kier alpha value is 1.89. The molecule has 0 aromatic heterocycles. The Balaban J connectivity index is -0.0000000904. The van der Waals surface area contributed by atoms with Gasteiger partial charge in [0.1, 0.15) is 0 Å². The van der Waals surface area contributed by atoms with Gasteiger partial charge in [0.15, 0.2) is 0 Å². The second kappa shape index (κ2) is 9.77. The van der Waals surface area contributed by atoms with Crippen molar-refractivity contribution in [2.45, 2.75) is 0 Å². The molecule has 0 aliphatic heterocycles. The fraction of sp³-hybridized carbons (Fsp3) is 0. The molecule has 16 heavy (non-hydrogen) atoms. The van der Waals surface area contributed by atoms with E-state index in [1.807, 2.05) is 0 Å². The zero-order chi connectivity index (χ0) is 12.2. The summed E-state index contributed by atoms with van der Waals surface area (Å²) in [6.07, 6.45) is 0. The van der Waals surface area contributed by atoms with E-state index in [0.29, 0.717) is 0 Å². The SMILES string of the molecule is O=P(O)(O)O.O=S(=O)([O-])OS(=O)(=O)[O-].[Na+].[Na+]. The Kier molecular flexibility index (Phi) is 16.2. The van der Waals surface area contributed by atoms with Crippen LogP contribution in [0, 0.1) is 0 Å². The van der Waals surface area contributed by atoms with Crippen molar-refractivity contribution in [2.75, 3.05) is 0 Å². The van der Waals surface area contributed by atoms with Gasteiger partial charge < -0.3 is 23.8 Å². The van der Waals surface area contributed by atoms with Crippen LogP contribution in [0.5, 0.6) is 0 Å². The maximum atomic E-state index is 9.29. The van der Waals surface area contributed by atoms with Crippen LogP contribution in [0.4, 0.5) is 0 Å². The van der Waals surface area contributed by atoms with Crippen molar-refractivity contribution in [1.29, 1.82) is 0 Å². The molecular formula is H3Na2O11PS2. The van der Waals surface area contributed by atoms with Crippen molar-refractivity contribution in [3.63, 3.8) is 0 Å². The molecule has 0 rings (SSSR count). The van der Waals surface area contributed by atoms with Crippen LogP contribution >= 0.6 is 7.82 Å². The largest absolute Gasteiger partial charge is 1.00 e. The van der Waals surface area contributed by atoms with Crippen LogP contribution in [-0.4, -0.2) is 40.6 Å². The molecule has 0 radical (unpaired) electrons. The van der Waals surface area contributed by atoms with Crippen LogP contribution in [0.3, 0.4) is 0 Å². The third-order valence-corrected chi connectivity index (χ3v) is 1.50. The molecule has 0 aliphatic rings. The molecule has 0 amide bonds. The van der Waals surface area contributed by atoms with Gasteiger partial charge in [-0.2, -0.15) is 3.63 Å². The fourth-order valence-corrected chi connectivity index (χ4v) is 0.919. The summed E-state index contributed by atoms with van der Waals surface area (Å²) in [5.74, 6) is 0. The molecule has 0 spiro atoms. The molecule has 11 nitrogen and oxygen atoms in total. The van der Waals surface area contributed by atoms with Crippen LogP contribution in [0.2, 0.25) is 0 Å². The summed E-state index contributed by atoms with van der Waals surface area (Å²) in [5.41, 5.74) is 0. The molecule has 88 valence electrons.